The number of halogens is 1. The minimum atomic E-state index is -0.556. The normalized spacial score (nSPS) is 10.6. The molecule has 0 aliphatic carbocycles. The number of aromatic nitrogens is 1. The molecule has 0 aliphatic heterocycles. The van der Waals surface area contributed by atoms with Crippen LogP contribution < -0.4 is 20.1 Å². The van der Waals surface area contributed by atoms with Gasteiger partial charge in [-0.1, -0.05) is 0 Å². The van der Waals surface area contributed by atoms with Gasteiger partial charge in [-0.2, -0.15) is 5.26 Å². The molecule has 0 atom stereocenters. The number of nitrogens with one attached hydrogen (secondary N) is 2. The van der Waals surface area contributed by atoms with Crippen molar-refractivity contribution in [2.45, 2.75) is 0 Å². The van der Waals surface area contributed by atoms with Gasteiger partial charge in [0.15, 0.2) is 11.5 Å². The first-order chi connectivity index (χ1) is 12.1. The number of anilines is 2. The van der Waals surface area contributed by atoms with E-state index in [0.29, 0.717) is 23.0 Å². The van der Waals surface area contributed by atoms with Crippen molar-refractivity contribution in [3.05, 3.63) is 52.8 Å². The molecule has 0 unspecified atom stereocenters. The molecular weight excluding hydrogens is 388 g/mol. The third kappa shape index (κ3) is 4.96. The van der Waals surface area contributed by atoms with Crippen molar-refractivity contribution in [1.82, 2.24) is 4.98 Å². The molecule has 2 aromatic rings. The summed E-state index contributed by atoms with van der Waals surface area (Å²) in [5.41, 5.74) is 0.380. The van der Waals surface area contributed by atoms with Crippen LogP contribution in [0.3, 0.4) is 0 Å². The first kappa shape index (κ1) is 18.3. The molecule has 0 saturated heterocycles. The Balaban J connectivity index is 2.10. The molecule has 25 heavy (non-hydrogen) atoms. The second kappa shape index (κ2) is 8.70. The Hall–Kier alpha value is -3.05. The standard InChI is InChI=1S/C17H15BrN4O3/c1-24-14-5-4-13(7-15(14)25-2)22-17(23)11(8-19)9-20-16-6-3-12(18)10-21-16/h3-7,9-10H,1-2H3,(H,20,21)(H,22,23)/b11-9-. The van der Waals surface area contributed by atoms with Crippen LogP contribution in [0.5, 0.6) is 11.5 Å². The van der Waals surface area contributed by atoms with E-state index < -0.39 is 5.91 Å². The number of carbonyl (C=O) groups is 1. The lowest BCUT2D eigenvalue weighted by Gasteiger charge is -2.10. The summed E-state index contributed by atoms with van der Waals surface area (Å²) in [6.07, 6.45) is 2.90. The van der Waals surface area contributed by atoms with Crippen LogP contribution in [-0.4, -0.2) is 25.1 Å². The molecule has 0 bridgehead atoms. The molecule has 1 heterocycles. The number of nitrogens with zero attached hydrogens (tertiary/aromatic N) is 2. The fourth-order valence-corrected chi connectivity index (χ4v) is 2.10. The Labute approximate surface area is 153 Å². The van der Waals surface area contributed by atoms with Crippen LogP contribution >= 0.6 is 15.9 Å². The first-order valence-corrected chi connectivity index (χ1v) is 7.88. The van der Waals surface area contributed by atoms with Gasteiger partial charge in [-0.15, -0.1) is 0 Å². The van der Waals surface area contributed by atoms with E-state index >= 15 is 0 Å². The van der Waals surface area contributed by atoms with Gasteiger partial charge >= 0.3 is 0 Å². The molecule has 2 N–H and O–H groups in total. The molecule has 8 heteroatoms. The number of hydrogen-bond donors (Lipinski definition) is 2. The van der Waals surface area contributed by atoms with Crippen LogP contribution in [0.1, 0.15) is 0 Å². The zero-order valence-corrected chi connectivity index (χ0v) is 15.1. The van der Waals surface area contributed by atoms with Gasteiger partial charge in [0.05, 0.1) is 14.2 Å². The molecule has 0 radical (unpaired) electrons. The predicted molar refractivity (Wildman–Crippen MR) is 97.4 cm³/mol. The van der Waals surface area contributed by atoms with Gasteiger partial charge in [0, 0.05) is 28.6 Å². The zero-order valence-electron chi connectivity index (χ0n) is 13.5. The summed E-state index contributed by atoms with van der Waals surface area (Å²) >= 11 is 3.28. The Morgan fingerprint density at radius 3 is 2.60 bits per heavy atom. The fraction of sp³-hybridized carbons (Fsp3) is 0.118. The summed E-state index contributed by atoms with van der Waals surface area (Å²) in [5, 5.41) is 14.6. The lowest BCUT2D eigenvalue weighted by atomic mass is 10.2. The number of rotatable bonds is 6. The van der Waals surface area contributed by atoms with Gasteiger partial charge in [0.2, 0.25) is 0 Å². The van der Waals surface area contributed by atoms with E-state index in [1.807, 2.05) is 6.07 Å². The first-order valence-electron chi connectivity index (χ1n) is 7.09. The number of ether oxygens (including phenoxy) is 2. The van der Waals surface area contributed by atoms with Crippen molar-refractivity contribution in [1.29, 1.82) is 5.26 Å². The molecular formula is C17H15BrN4O3. The highest BCUT2D eigenvalue weighted by Gasteiger charge is 2.11. The summed E-state index contributed by atoms with van der Waals surface area (Å²) in [7, 11) is 3.02. The van der Waals surface area contributed by atoms with E-state index in [-0.39, 0.29) is 5.57 Å². The van der Waals surface area contributed by atoms with Gasteiger partial charge in [0.25, 0.3) is 5.91 Å². The molecule has 128 valence electrons. The smallest absolute Gasteiger partial charge is 0.267 e. The summed E-state index contributed by atoms with van der Waals surface area (Å²) in [5.74, 6) is 0.966. The van der Waals surface area contributed by atoms with Crippen LogP contribution in [0, 0.1) is 11.3 Å². The highest BCUT2D eigenvalue weighted by Crippen LogP contribution is 2.29. The van der Waals surface area contributed by atoms with Crippen LogP contribution in [0.4, 0.5) is 11.5 Å². The highest BCUT2D eigenvalue weighted by molar-refractivity contribution is 9.10. The molecule has 2 rings (SSSR count). The average molecular weight is 403 g/mol. The van der Waals surface area contributed by atoms with E-state index in [1.165, 1.54) is 20.4 Å². The van der Waals surface area contributed by atoms with Crippen LogP contribution in [0.25, 0.3) is 0 Å². The van der Waals surface area contributed by atoms with E-state index in [2.05, 4.69) is 31.5 Å². The second-order valence-electron chi connectivity index (χ2n) is 4.70. The number of hydrogen-bond acceptors (Lipinski definition) is 6. The largest absolute Gasteiger partial charge is 0.493 e. The maximum Gasteiger partial charge on any atom is 0.267 e. The molecule has 1 aromatic carbocycles. The van der Waals surface area contributed by atoms with E-state index in [0.717, 1.165) is 4.47 Å². The van der Waals surface area contributed by atoms with Crippen LogP contribution in [0.15, 0.2) is 52.8 Å². The minimum Gasteiger partial charge on any atom is -0.493 e. The van der Waals surface area contributed by atoms with E-state index in [9.17, 15) is 10.1 Å². The maximum absolute atomic E-state index is 12.2. The van der Waals surface area contributed by atoms with Gasteiger partial charge in [-0.05, 0) is 40.2 Å². The molecule has 0 fully saturated rings. The number of methoxy groups -OCH3 is 2. The number of amides is 1. The maximum atomic E-state index is 12.2. The highest BCUT2D eigenvalue weighted by atomic mass is 79.9. The fourth-order valence-electron chi connectivity index (χ4n) is 1.87. The van der Waals surface area contributed by atoms with Crippen molar-refractivity contribution in [3.63, 3.8) is 0 Å². The summed E-state index contributed by atoms with van der Waals surface area (Å²) in [6.45, 7) is 0. The Kier molecular flexibility index (Phi) is 6.37. The quantitative estimate of drug-likeness (QED) is 0.568. The molecule has 7 nitrogen and oxygen atoms in total. The van der Waals surface area contributed by atoms with Crippen molar-refractivity contribution < 1.29 is 14.3 Å². The number of nitriles is 1. The van der Waals surface area contributed by atoms with E-state index in [4.69, 9.17) is 9.47 Å². The third-order valence-corrected chi connectivity index (χ3v) is 3.57. The monoisotopic (exact) mass is 402 g/mol. The average Bonchev–Trinajstić information content (AvgIpc) is 2.63. The Morgan fingerprint density at radius 2 is 2.00 bits per heavy atom. The lowest BCUT2D eigenvalue weighted by Crippen LogP contribution is -2.14. The molecule has 0 aliphatic rings. The summed E-state index contributed by atoms with van der Waals surface area (Å²) < 4.78 is 11.1. The van der Waals surface area contributed by atoms with Gasteiger partial charge in [-0.3, -0.25) is 4.79 Å². The molecule has 1 aromatic heterocycles. The third-order valence-electron chi connectivity index (χ3n) is 3.10. The topological polar surface area (TPSA) is 96.3 Å². The van der Waals surface area contributed by atoms with Crippen LogP contribution in [-0.2, 0) is 4.79 Å². The Bertz CT molecular complexity index is 829. The van der Waals surface area contributed by atoms with E-state index in [1.54, 1.807) is 36.5 Å². The summed E-state index contributed by atoms with van der Waals surface area (Å²) in [6, 6.07) is 10.3. The second-order valence-corrected chi connectivity index (χ2v) is 5.62. The Morgan fingerprint density at radius 1 is 1.24 bits per heavy atom. The minimum absolute atomic E-state index is 0.0977. The number of pyridine rings is 1. The van der Waals surface area contributed by atoms with Crippen molar-refractivity contribution >= 4 is 33.3 Å². The van der Waals surface area contributed by atoms with Crippen LogP contribution in [0.2, 0.25) is 0 Å². The summed E-state index contributed by atoms with van der Waals surface area (Å²) in [4.78, 5) is 16.3. The predicted octanol–water partition coefficient (Wildman–Crippen LogP) is 3.32. The zero-order chi connectivity index (χ0) is 18.2. The molecule has 0 saturated carbocycles. The van der Waals surface area contributed by atoms with Crippen molar-refractivity contribution in [2.24, 2.45) is 0 Å². The lowest BCUT2D eigenvalue weighted by molar-refractivity contribution is -0.112. The van der Waals surface area contributed by atoms with Gasteiger partial charge < -0.3 is 20.1 Å². The molecule has 0 spiro atoms. The SMILES string of the molecule is COc1ccc(NC(=O)/C(C#N)=C\Nc2ccc(Br)cn2)cc1OC. The van der Waals surface area contributed by atoms with Gasteiger partial charge in [-0.25, -0.2) is 4.98 Å². The number of benzene rings is 1. The van der Waals surface area contributed by atoms with Gasteiger partial charge in [0.1, 0.15) is 17.5 Å². The van der Waals surface area contributed by atoms with Crippen molar-refractivity contribution in [2.75, 3.05) is 24.9 Å². The number of carbonyl (C=O) groups excluding carboxylic acids is 1. The molecule has 1 amide bonds. The van der Waals surface area contributed by atoms with Crippen molar-refractivity contribution in [3.8, 4) is 17.6 Å².